The highest BCUT2D eigenvalue weighted by Crippen LogP contribution is 2.21. The number of hydrogen-bond acceptors (Lipinski definition) is 5. The van der Waals surface area contributed by atoms with Gasteiger partial charge in [0.2, 0.25) is 21.8 Å². The number of carbonyl (C=O) groups excluding carboxylic acids is 2. The van der Waals surface area contributed by atoms with Crippen LogP contribution in [0, 0.1) is 0 Å². The van der Waals surface area contributed by atoms with Gasteiger partial charge in [-0.05, 0) is 61.7 Å². The Kier molecular flexibility index (Phi) is 9.15. The van der Waals surface area contributed by atoms with Gasteiger partial charge in [-0.25, -0.2) is 8.42 Å². The van der Waals surface area contributed by atoms with E-state index in [-0.39, 0.29) is 23.4 Å². The number of nitrogens with zero attached hydrogens (tertiary/aromatic N) is 2. The van der Waals surface area contributed by atoms with Crippen molar-refractivity contribution in [3.8, 4) is 5.75 Å². The number of halogens is 1. The maximum absolute atomic E-state index is 13.4. The first-order valence-corrected chi connectivity index (χ1v) is 13.4. The summed E-state index contributed by atoms with van der Waals surface area (Å²) in [6, 6.07) is 12.3. The zero-order valence-electron chi connectivity index (χ0n) is 20.2. The van der Waals surface area contributed by atoms with E-state index in [1.165, 1.54) is 36.2 Å². The Morgan fingerprint density at radius 2 is 1.69 bits per heavy atom. The zero-order valence-corrected chi connectivity index (χ0v) is 21.8. The molecule has 2 amide bonds. The average Bonchev–Trinajstić information content (AvgIpc) is 3.35. The molecule has 1 aliphatic rings. The van der Waals surface area contributed by atoms with Gasteiger partial charge in [0.1, 0.15) is 11.8 Å². The van der Waals surface area contributed by atoms with Gasteiger partial charge in [-0.2, -0.15) is 4.31 Å². The van der Waals surface area contributed by atoms with E-state index in [4.69, 9.17) is 16.3 Å². The predicted octanol–water partition coefficient (Wildman–Crippen LogP) is 3.45. The van der Waals surface area contributed by atoms with Gasteiger partial charge in [-0.15, -0.1) is 0 Å². The number of amides is 2. The van der Waals surface area contributed by atoms with E-state index in [1.54, 1.807) is 26.2 Å². The number of ether oxygens (including phenoxy) is 1. The minimum absolute atomic E-state index is 0.0333. The first-order valence-electron chi connectivity index (χ1n) is 11.6. The lowest BCUT2D eigenvalue weighted by Crippen LogP contribution is -2.52. The lowest BCUT2D eigenvalue weighted by atomic mass is 10.1. The minimum Gasteiger partial charge on any atom is -0.497 e. The molecule has 0 spiro atoms. The normalized spacial score (nSPS) is 15.1. The highest BCUT2D eigenvalue weighted by Gasteiger charge is 2.31. The number of sulfonamides is 1. The summed E-state index contributed by atoms with van der Waals surface area (Å²) in [7, 11) is -1.01. The number of hydrogen-bond donors (Lipinski definition) is 1. The van der Waals surface area contributed by atoms with Crippen LogP contribution in [0.1, 0.15) is 38.2 Å². The third-order valence-electron chi connectivity index (χ3n) is 6.26. The van der Waals surface area contributed by atoms with E-state index in [0.717, 1.165) is 35.6 Å². The Balaban J connectivity index is 1.79. The summed E-state index contributed by atoms with van der Waals surface area (Å²) < 4.78 is 32.1. The third kappa shape index (κ3) is 6.96. The maximum Gasteiger partial charge on any atom is 0.243 e. The van der Waals surface area contributed by atoms with Crippen molar-refractivity contribution in [2.75, 3.05) is 20.7 Å². The molecule has 0 unspecified atom stereocenters. The number of nitrogens with one attached hydrogen (secondary N) is 1. The van der Waals surface area contributed by atoms with Crippen LogP contribution in [0.25, 0.3) is 0 Å². The summed E-state index contributed by atoms with van der Waals surface area (Å²) in [5.41, 5.74) is 0.794. The van der Waals surface area contributed by atoms with Gasteiger partial charge in [-0.3, -0.25) is 9.59 Å². The molecule has 1 saturated carbocycles. The number of rotatable bonds is 10. The molecule has 0 bridgehead atoms. The van der Waals surface area contributed by atoms with Gasteiger partial charge in [0.25, 0.3) is 0 Å². The highest BCUT2D eigenvalue weighted by molar-refractivity contribution is 7.89. The molecule has 3 rings (SSSR count). The monoisotopic (exact) mass is 521 g/mol. The fourth-order valence-corrected chi connectivity index (χ4v) is 5.30. The number of benzene rings is 2. The van der Waals surface area contributed by atoms with Crippen LogP contribution < -0.4 is 10.1 Å². The molecule has 0 heterocycles. The minimum atomic E-state index is -3.92. The fourth-order valence-electron chi connectivity index (χ4n) is 4.06. The molecule has 10 heteroatoms. The van der Waals surface area contributed by atoms with Crippen molar-refractivity contribution in [3.05, 3.63) is 59.1 Å². The summed E-state index contributed by atoms with van der Waals surface area (Å²) in [5, 5.41) is 3.45. The van der Waals surface area contributed by atoms with Gasteiger partial charge >= 0.3 is 0 Å². The Bertz CT molecular complexity index is 1120. The molecule has 0 saturated heterocycles. The first-order chi connectivity index (χ1) is 16.6. The van der Waals surface area contributed by atoms with Crippen molar-refractivity contribution in [3.63, 3.8) is 0 Å². The van der Waals surface area contributed by atoms with Crippen molar-refractivity contribution in [2.24, 2.45) is 0 Å². The van der Waals surface area contributed by atoms with E-state index in [9.17, 15) is 18.0 Å². The quantitative estimate of drug-likeness (QED) is 0.516. The van der Waals surface area contributed by atoms with Gasteiger partial charge in [0.15, 0.2) is 0 Å². The SMILES string of the molecule is COc1ccc(CN(C(=O)CN(C)S(=O)(=O)c2ccc(Cl)cc2)[C@H](C)C(=O)NC2CCCC2)cc1. The molecule has 1 atom stereocenters. The van der Waals surface area contributed by atoms with Crippen molar-refractivity contribution in [1.29, 1.82) is 0 Å². The van der Waals surface area contributed by atoms with Crippen LogP contribution in [0.2, 0.25) is 5.02 Å². The van der Waals surface area contributed by atoms with Crippen LogP contribution in [0.3, 0.4) is 0 Å². The summed E-state index contributed by atoms with van der Waals surface area (Å²) in [5.74, 6) is -0.0515. The zero-order chi connectivity index (χ0) is 25.6. The molecule has 0 aromatic heterocycles. The van der Waals surface area contributed by atoms with Gasteiger partial charge < -0.3 is 15.0 Å². The van der Waals surface area contributed by atoms with Crippen molar-refractivity contribution >= 4 is 33.4 Å². The summed E-state index contributed by atoms with van der Waals surface area (Å²) in [4.78, 5) is 27.8. The van der Waals surface area contributed by atoms with Crippen LogP contribution >= 0.6 is 11.6 Å². The lowest BCUT2D eigenvalue weighted by molar-refractivity contribution is -0.140. The summed E-state index contributed by atoms with van der Waals surface area (Å²) >= 11 is 5.87. The van der Waals surface area contributed by atoms with Crippen molar-refractivity contribution in [1.82, 2.24) is 14.5 Å². The Morgan fingerprint density at radius 3 is 2.26 bits per heavy atom. The molecule has 190 valence electrons. The van der Waals surface area contributed by atoms with Gasteiger partial charge in [0.05, 0.1) is 18.6 Å². The Labute approximate surface area is 212 Å². The topological polar surface area (TPSA) is 96.0 Å². The molecule has 1 N–H and O–H groups in total. The van der Waals surface area contributed by atoms with Gasteiger partial charge in [0, 0.05) is 24.7 Å². The predicted molar refractivity (Wildman–Crippen MR) is 135 cm³/mol. The molecular formula is C25H32ClN3O5S. The molecule has 8 nitrogen and oxygen atoms in total. The first kappa shape index (κ1) is 27.0. The summed E-state index contributed by atoms with van der Waals surface area (Å²) in [6.07, 6.45) is 3.99. The average molecular weight is 522 g/mol. The molecule has 1 aliphatic carbocycles. The number of carbonyl (C=O) groups is 2. The molecule has 0 radical (unpaired) electrons. The maximum atomic E-state index is 13.4. The molecule has 2 aromatic rings. The molecule has 2 aromatic carbocycles. The van der Waals surface area contributed by atoms with Crippen LogP contribution in [0.15, 0.2) is 53.4 Å². The van der Waals surface area contributed by atoms with Crippen molar-refractivity contribution in [2.45, 2.75) is 56.1 Å². The second kappa shape index (κ2) is 11.9. The van der Waals surface area contributed by atoms with Crippen LogP contribution in [-0.4, -0.2) is 62.2 Å². The molecule has 1 fully saturated rings. The van der Waals surface area contributed by atoms with Gasteiger partial charge in [-0.1, -0.05) is 36.6 Å². The Morgan fingerprint density at radius 1 is 1.09 bits per heavy atom. The van der Waals surface area contributed by atoms with Crippen LogP contribution in [0.4, 0.5) is 0 Å². The largest absolute Gasteiger partial charge is 0.497 e. The van der Waals surface area contributed by atoms with E-state index in [2.05, 4.69) is 5.32 Å². The standard InChI is InChI=1S/C25H32ClN3O5S/c1-18(25(31)27-21-6-4-5-7-21)29(16-19-8-12-22(34-3)13-9-19)24(30)17-28(2)35(32,33)23-14-10-20(26)11-15-23/h8-15,18,21H,4-7,16-17H2,1-3H3,(H,27,31)/t18-/m1/s1. The summed E-state index contributed by atoms with van der Waals surface area (Å²) in [6.45, 7) is 1.40. The van der Waals surface area contributed by atoms with Crippen molar-refractivity contribution < 1.29 is 22.7 Å². The van der Waals surface area contributed by atoms with E-state index in [1.807, 2.05) is 12.1 Å². The fraction of sp³-hybridized carbons (Fsp3) is 0.440. The number of likely N-dealkylation sites (N-methyl/N-ethyl adjacent to an activating group) is 1. The Hall–Kier alpha value is -2.62. The van der Waals surface area contributed by atoms with E-state index in [0.29, 0.717) is 10.8 Å². The van der Waals surface area contributed by atoms with E-state index >= 15 is 0 Å². The lowest BCUT2D eigenvalue weighted by Gasteiger charge is -2.31. The number of methoxy groups -OCH3 is 1. The van der Waals surface area contributed by atoms with E-state index < -0.39 is 28.5 Å². The molecule has 0 aliphatic heterocycles. The van der Waals surface area contributed by atoms with Crippen LogP contribution in [0.5, 0.6) is 5.75 Å². The second-order valence-corrected chi connectivity index (χ2v) is 11.2. The smallest absolute Gasteiger partial charge is 0.243 e. The van der Waals surface area contributed by atoms with Crippen LogP contribution in [-0.2, 0) is 26.2 Å². The highest BCUT2D eigenvalue weighted by atomic mass is 35.5. The molecular weight excluding hydrogens is 490 g/mol. The third-order valence-corrected chi connectivity index (χ3v) is 8.33. The second-order valence-electron chi connectivity index (χ2n) is 8.75. The molecule has 35 heavy (non-hydrogen) atoms.